The predicted octanol–water partition coefficient (Wildman–Crippen LogP) is 3.72. The number of nitrogens with one attached hydrogen (secondary N) is 2. The van der Waals surface area contributed by atoms with E-state index in [1.807, 2.05) is 0 Å². The van der Waals surface area contributed by atoms with Crippen molar-refractivity contribution in [3.05, 3.63) is 70.7 Å². The smallest absolute Gasteiger partial charge is 0.251 e. The number of nitrogens with zero attached hydrogens (tertiary/aromatic N) is 3. The minimum Gasteiger partial charge on any atom is -0.352 e. The molecule has 0 unspecified atom stereocenters. The van der Waals surface area contributed by atoms with Gasteiger partial charge >= 0.3 is 0 Å². The minimum atomic E-state index is -0.208. The Morgan fingerprint density at radius 3 is 2.50 bits per heavy atom. The van der Waals surface area contributed by atoms with Crippen LogP contribution in [0.4, 0.5) is 5.69 Å². The lowest BCUT2D eigenvalue weighted by molar-refractivity contribution is -0.116. The quantitative estimate of drug-likeness (QED) is 0.573. The van der Waals surface area contributed by atoms with Crippen LogP contribution in [-0.4, -0.2) is 33.1 Å². The summed E-state index contributed by atoms with van der Waals surface area (Å²) in [6.07, 6.45) is 3.67. The van der Waals surface area contributed by atoms with Gasteiger partial charge in [-0.2, -0.15) is 5.10 Å². The molecule has 0 aliphatic carbocycles. The number of carbonyl (C=O) groups is 2. The van der Waals surface area contributed by atoms with Gasteiger partial charge in [0, 0.05) is 28.6 Å². The summed E-state index contributed by atoms with van der Waals surface area (Å²) in [5.41, 5.74) is 1.71. The Morgan fingerprint density at radius 1 is 1.04 bits per heavy atom. The maximum absolute atomic E-state index is 12.3. The molecule has 9 heteroatoms. The van der Waals surface area contributed by atoms with Crippen LogP contribution in [0.25, 0.3) is 5.69 Å². The van der Waals surface area contributed by atoms with Crippen molar-refractivity contribution >= 4 is 40.7 Å². The van der Waals surface area contributed by atoms with Crippen LogP contribution in [0.3, 0.4) is 0 Å². The fourth-order valence-electron chi connectivity index (χ4n) is 2.51. The maximum atomic E-state index is 12.3. The Bertz CT molecular complexity index is 959. The van der Waals surface area contributed by atoms with Crippen LogP contribution in [0, 0.1) is 0 Å². The van der Waals surface area contributed by atoms with Gasteiger partial charge in [0.25, 0.3) is 5.91 Å². The van der Waals surface area contributed by atoms with Crippen LogP contribution in [0.1, 0.15) is 23.2 Å². The molecule has 7 nitrogen and oxygen atoms in total. The molecule has 1 heterocycles. The van der Waals surface area contributed by atoms with Crippen LogP contribution in [0.5, 0.6) is 0 Å². The molecule has 3 aromatic rings. The first-order valence-electron chi connectivity index (χ1n) is 8.51. The lowest BCUT2D eigenvalue weighted by Gasteiger charge is -2.11. The molecule has 0 aliphatic heterocycles. The molecule has 0 bridgehead atoms. The monoisotopic (exact) mass is 417 g/mol. The number of aromatic nitrogens is 3. The molecule has 0 spiro atoms. The Labute approximate surface area is 171 Å². The summed E-state index contributed by atoms with van der Waals surface area (Å²) in [4.78, 5) is 28.2. The lowest BCUT2D eigenvalue weighted by Crippen LogP contribution is -2.25. The summed E-state index contributed by atoms with van der Waals surface area (Å²) >= 11 is 11.8. The van der Waals surface area contributed by atoms with Crippen molar-refractivity contribution in [1.82, 2.24) is 20.1 Å². The van der Waals surface area contributed by atoms with Crippen molar-refractivity contribution in [3.8, 4) is 5.69 Å². The highest BCUT2D eigenvalue weighted by Crippen LogP contribution is 2.24. The Kier molecular flexibility index (Phi) is 6.62. The lowest BCUT2D eigenvalue weighted by atomic mass is 10.2. The zero-order valence-electron chi connectivity index (χ0n) is 14.7. The van der Waals surface area contributed by atoms with Gasteiger partial charge in [-0.1, -0.05) is 23.2 Å². The van der Waals surface area contributed by atoms with Crippen molar-refractivity contribution in [3.63, 3.8) is 0 Å². The molecule has 0 fully saturated rings. The topological polar surface area (TPSA) is 88.9 Å². The van der Waals surface area contributed by atoms with Gasteiger partial charge in [-0.05, 0) is 48.9 Å². The Balaban J connectivity index is 1.50. The molecule has 3 rings (SSSR count). The van der Waals surface area contributed by atoms with E-state index in [0.717, 1.165) is 0 Å². The van der Waals surface area contributed by atoms with Crippen molar-refractivity contribution < 1.29 is 9.59 Å². The van der Waals surface area contributed by atoms with E-state index >= 15 is 0 Å². The molecular weight excluding hydrogens is 401 g/mol. The molecule has 28 heavy (non-hydrogen) atoms. The fourth-order valence-corrected chi connectivity index (χ4v) is 2.81. The first-order valence-corrected chi connectivity index (χ1v) is 9.27. The fraction of sp³-hybridized carbons (Fsp3) is 0.158. The van der Waals surface area contributed by atoms with E-state index in [1.54, 1.807) is 42.5 Å². The highest BCUT2D eigenvalue weighted by molar-refractivity contribution is 6.31. The number of hydrogen-bond donors (Lipinski definition) is 2. The standard InChI is InChI=1S/C19H17Cl2N5O2/c20-14-5-3-13(4-6-14)19(28)23-9-1-2-18(27)25-16-10-15(21)7-8-17(16)26-12-22-11-24-26/h3-8,10-12H,1-2,9H2,(H,23,28)(H,25,27). The average Bonchev–Trinajstić information content (AvgIpc) is 3.20. The first kappa shape index (κ1) is 19.9. The van der Waals surface area contributed by atoms with Gasteiger partial charge in [0.1, 0.15) is 12.7 Å². The largest absolute Gasteiger partial charge is 0.352 e. The molecular formula is C19H17Cl2N5O2. The second-order valence-electron chi connectivity index (χ2n) is 5.92. The number of benzene rings is 2. The number of amides is 2. The molecule has 0 aliphatic rings. The molecule has 0 saturated heterocycles. The number of carbonyl (C=O) groups excluding carboxylic acids is 2. The summed E-state index contributed by atoms with van der Waals surface area (Å²) < 4.78 is 1.54. The van der Waals surface area contributed by atoms with E-state index in [-0.39, 0.29) is 18.2 Å². The molecule has 1 aromatic heterocycles. The highest BCUT2D eigenvalue weighted by Gasteiger charge is 2.11. The summed E-state index contributed by atoms with van der Waals surface area (Å²) in [7, 11) is 0. The third kappa shape index (κ3) is 5.31. The maximum Gasteiger partial charge on any atom is 0.251 e. The zero-order chi connectivity index (χ0) is 19.9. The van der Waals surface area contributed by atoms with Crippen molar-refractivity contribution in [1.29, 1.82) is 0 Å². The van der Waals surface area contributed by atoms with Crippen LogP contribution in [0.15, 0.2) is 55.1 Å². The highest BCUT2D eigenvalue weighted by atomic mass is 35.5. The second-order valence-corrected chi connectivity index (χ2v) is 6.79. The first-order chi connectivity index (χ1) is 13.5. The molecule has 0 radical (unpaired) electrons. The Hall–Kier alpha value is -2.90. The van der Waals surface area contributed by atoms with E-state index in [0.29, 0.717) is 39.9 Å². The predicted molar refractivity (Wildman–Crippen MR) is 108 cm³/mol. The van der Waals surface area contributed by atoms with E-state index < -0.39 is 0 Å². The molecule has 0 saturated carbocycles. The van der Waals surface area contributed by atoms with Crippen molar-refractivity contribution in [2.45, 2.75) is 12.8 Å². The number of rotatable bonds is 7. The third-order valence-corrected chi connectivity index (χ3v) is 4.36. The van der Waals surface area contributed by atoms with E-state index in [2.05, 4.69) is 20.7 Å². The van der Waals surface area contributed by atoms with Crippen LogP contribution in [0.2, 0.25) is 10.0 Å². The molecule has 2 N–H and O–H groups in total. The Morgan fingerprint density at radius 2 is 1.79 bits per heavy atom. The normalized spacial score (nSPS) is 10.5. The van der Waals surface area contributed by atoms with Gasteiger partial charge < -0.3 is 10.6 Å². The zero-order valence-corrected chi connectivity index (χ0v) is 16.2. The van der Waals surface area contributed by atoms with E-state index in [9.17, 15) is 9.59 Å². The van der Waals surface area contributed by atoms with E-state index in [4.69, 9.17) is 23.2 Å². The SMILES string of the molecule is O=C(CCCNC(=O)c1ccc(Cl)cc1)Nc1cc(Cl)ccc1-n1cncn1. The van der Waals surface area contributed by atoms with Crippen molar-refractivity contribution in [2.75, 3.05) is 11.9 Å². The molecule has 144 valence electrons. The molecule has 0 atom stereocenters. The van der Waals surface area contributed by atoms with Gasteiger partial charge in [0.15, 0.2) is 0 Å². The average molecular weight is 418 g/mol. The number of hydrogen-bond acceptors (Lipinski definition) is 4. The van der Waals surface area contributed by atoms with Crippen LogP contribution >= 0.6 is 23.2 Å². The third-order valence-electron chi connectivity index (χ3n) is 3.87. The van der Waals surface area contributed by atoms with E-state index in [1.165, 1.54) is 17.3 Å². The van der Waals surface area contributed by atoms with Gasteiger partial charge in [-0.15, -0.1) is 0 Å². The van der Waals surface area contributed by atoms with Gasteiger partial charge in [-0.3, -0.25) is 9.59 Å². The summed E-state index contributed by atoms with van der Waals surface area (Å²) in [5, 5.41) is 10.7. The summed E-state index contributed by atoms with van der Waals surface area (Å²) in [5.74, 6) is -0.398. The number of anilines is 1. The van der Waals surface area contributed by atoms with Crippen LogP contribution < -0.4 is 10.6 Å². The molecule has 2 aromatic carbocycles. The number of halogens is 2. The van der Waals surface area contributed by atoms with Crippen LogP contribution in [-0.2, 0) is 4.79 Å². The van der Waals surface area contributed by atoms with Gasteiger partial charge in [-0.25, -0.2) is 9.67 Å². The minimum absolute atomic E-state index is 0.190. The molecule has 2 amide bonds. The summed E-state index contributed by atoms with van der Waals surface area (Å²) in [6, 6.07) is 11.7. The van der Waals surface area contributed by atoms with Crippen molar-refractivity contribution in [2.24, 2.45) is 0 Å². The van der Waals surface area contributed by atoms with Gasteiger partial charge in [0.2, 0.25) is 5.91 Å². The van der Waals surface area contributed by atoms with Gasteiger partial charge in [0.05, 0.1) is 11.4 Å². The summed E-state index contributed by atoms with van der Waals surface area (Å²) in [6.45, 7) is 0.375. The second kappa shape index (κ2) is 9.34.